The molecule has 19 heavy (non-hydrogen) atoms. The molecule has 1 saturated heterocycles. The Bertz CT molecular complexity index is 482. The minimum Gasteiger partial charge on any atom is -0.344 e. The van der Waals surface area contributed by atoms with Gasteiger partial charge in [-0.05, 0) is 38.2 Å². The molecule has 1 amide bonds. The van der Waals surface area contributed by atoms with Gasteiger partial charge in [-0.3, -0.25) is 9.59 Å². The van der Waals surface area contributed by atoms with Crippen LogP contribution in [0.5, 0.6) is 0 Å². The smallest absolute Gasteiger partial charge is 0.242 e. The van der Waals surface area contributed by atoms with Crippen LogP contribution in [0.1, 0.15) is 42.5 Å². The van der Waals surface area contributed by atoms with Gasteiger partial charge in [0.2, 0.25) is 5.91 Å². The van der Waals surface area contributed by atoms with Crippen LogP contribution in [-0.4, -0.2) is 34.2 Å². The van der Waals surface area contributed by atoms with Crippen molar-refractivity contribution in [3.8, 4) is 0 Å². The number of amides is 1. The number of ketones is 1. The van der Waals surface area contributed by atoms with Gasteiger partial charge in [0.15, 0.2) is 5.78 Å². The summed E-state index contributed by atoms with van der Waals surface area (Å²) in [5.41, 5.74) is 0.758. The molecule has 1 aromatic heterocycles. The lowest BCUT2D eigenvalue weighted by atomic mass is 10.1. The molecule has 2 aliphatic rings. The number of piperidine rings is 1. The van der Waals surface area contributed by atoms with Crippen LogP contribution in [0.25, 0.3) is 0 Å². The minimum absolute atomic E-state index is 0.167. The number of rotatable bonds is 4. The molecule has 0 bridgehead atoms. The van der Waals surface area contributed by atoms with Gasteiger partial charge in [0.05, 0.1) is 0 Å². The summed E-state index contributed by atoms with van der Waals surface area (Å²) in [4.78, 5) is 25.9. The number of carbonyl (C=O) groups is 2. The van der Waals surface area contributed by atoms with Crippen LogP contribution >= 0.6 is 0 Å². The highest BCUT2D eigenvalue weighted by atomic mass is 16.2. The maximum Gasteiger partial charge on any atom is 0.242 e. The Kier molecular flexibility index (Phi) is 3.40. The van der Waals surface area contributed by atoms with E-state index in [1.807, 2.05) is 27.9 Å². The normalized spacial score (nSPS) is 19.5. The maximum atomic E-state index is 12.1. The van der Waals surface area contributed by atoms with Crippen molar-refractivity contribution in [1.82, 2.24) is 9.47 Å². The van der Waals surface area contributed by atoms with Crippen LogP contribution in [0.2, 0.25) is 0 Å². The molecule has 4 heteroatoms. The van der Waals surface area contributed by atoms with Crippen molar-refractivity contribution in [1.29, 1.82) is 0 Å². The average molecular weight is 260 g/mol. The zero-order chi connectivity index (χ0) is 13.2. The quantitative estimate of drug-likeness (QED) is 0.778. The van der Waals surface area contributed by atoms with E-state index in [2.05, 4.69) is 0 Å². The fourth-order valence-electron chi connectivity index (χ4n) is 2.67. The molecule has 102 valence electrons. The third-order valence-corrected chi connectivity index (χ3v) is 4.01. The van der Waals surface area contributed by atoms with E-state index < -0.39 is 0 Å². The van der Waals surface area contributed by atoms with Crippen molar-refractivity contribution in [3.63, 3.8) is 0 Å². The van der Waals surface area contributed by atoms with Gasteiger partial charge in [-0.1, -0.05) is 0 Å². The lowest BCUT2D eigenvalue weighted by molar-refractivity contribution is -0.132. The predicted octanol–water partition coefficient (Wildman–Crippen LogP) is 2.09. The highest BCUT2D eigenvalue weighted by molar-refractivity contribution is 5.99. The summed E-state index contributed by atoms with van der Waals surface area (Å²) in [6.07, 6.45) is 9.17. The Labute approximate surface area is 113 Å². The van der Waals surface area contributed by atoms with Crippen LogP contribution < -0.4 is 0 Å². The maximum absolute atomic E-state index is 12.1. The van der Waals surface area contributed by atoms with Gasteiger partial charge < -0.3 is 9.47 Å². The Hall–Kier alpha value is -1.58. The number of likely N-dealkylation sites (tertiary alicyclic amines) is 1. The summed E-state index contributed by atoms with van der Waals surface area (Å²) < 4.78 is 1.84. The van der Waals surface area contributed by atoms with Crippen molar-refractivity contribution in [2.24, 2.45) is 5.92 Å². The summed E-state index contributed by atoms with van der Waals surface area (Å²) in [6, 6.07) is 1.84. The van der Waals surface area contributed by atoms with Crippen LogP contribution in [0.4, 0.5) is 0 Å². The lowest BCUT2D eigenvalue weighted by Gasteiger charge is -2.26. The molecule has 1 aliphatic carbocycles. The summed E-state index contributed by atoms with van der Waals surface area (Å²) in [5.74, 6) is 0.651. The monoisotopic (exact) mass is 260 g/mol. The van der Waals surface area contributed by atoms with Crippen molar-refractivity contribution in [2.45, 2.75) is 38.6 Å². The van der Waals surface area contributed by atoms with Gasteiger partial charge in [-0.2, -0.15) is 0 Å². The molecule has 4 nitrogen and oxygen atoms in total. The first kappa shape index (κ1) is 12.5. The fourth-order valence-corrected chi connectivity index (χ4v) is 2.67. The van der Waals surface area contributed by atoms with E-state index in [0.717, 1.165) is 44.3 Å². The number of carbonyl (C=O) groups excluding carboxylic acids is 2. The van der Waals surface area contributed by atoms with Gasteiger partial charge in [-0.25, -0.2) is 0 Å². The van der Waals surface area contributed by atoms with E-state index in [4.69, 9.17) is 0 Å². The largest absolute Gasteiger partial charge is 0.344 e. The Balaban J connectivity index is 1.59. The van der Waals surface area contributed by atoms with Crippen molar-refractivity contribution in [3.05, 3.63) is 24.0 Å². The van der Waals surface area contributed by atoms with Gasteiger partial charge in [0, 0.05) is 37.0 Å². The zero-order valence-corrected chi connectivity index (χ0v) is 11.2. The molecular weight excluding hydrogens is 240 g/mol. The topological polar surface area (TPSA) is 42.3 Å². The van der Waals surface area contributed by atoms with E-state index >= 15 is 0 Å². The van der Waals surface area contributed by atoms with Gasteiger partial charge >= 0.3 is 0 Å². The van der Waals surface area contributed by atoms with Crippen LogP contribution in [0.3, 0.4) is 0 Å². The summed E-state index contributed by atoms with van der Waals surface area (Å²) >= 11 is 0. The van der Waals surface area contributed by atoms with Crippen LogP contribution in [0.15, 0.2) is 18.5 Å². The van der Waals surface area contributed by atoms with Crippen LogP contribution in [-0.2, 0) is 11.3 Å². The minimum atomic E-state index is 0.167. The molecule has 1 aromatic rings. The molecule has 1 aliphatic heterocycles. The number of Topliss-reactive ketones (excluding diaryl/α,β-unsaturated/α-hetero) is 1. The number of hydrogen-bond donors (Lipinski definition) is 0. The molecule has 3 rings (SSSR count). The SMILES string of the molecule is O=C(c1ccn(CC(=O)N2CCCCC2)c1)C1CC1. The van der Waals surface area contributed by atoms with Crippen LogP contribution in [0, 0.1) is 5.92 Å². The second-order valence-electron chi connectivity index (χ2n) is 5.65. The second kappa shape index (κ2) is 5.19. The molecule has 1 saturated carbocycles. The third-order valence-electron chi connectivity index (χ3n) is 4.01. The summed E-state index contributed by atoms with van der Waals surface area (Å²) in [6.45, 7) is 2.12. The zero-order valence-electron chi connectivity index (χ0n) is 11.2. The predicted molar refractivity (Wildman–Crippen MR) is 71.9 cm³/mol. The van der Waals surface area contributed by atoms with E-state index in [9.17, 15) is 9.59 Å². The van der Waals surface area contributed by atoms with Gasteiger partial charge in [0.25, 0.3) is 0 Å². The first-order chi connectivity index (χ1) is 9.24. The Morgan fingerprint density at radius 3 is 2.58 bits per heavy atom. The van der Waals surface area contributed by atoms with E-state index in [1.54, 1.807) is 0 Å². The molecule has 0 spiro atoms. The molecule has 0 atom stereocenters. The summed E-state index contributed by atoms with van der Waals surface area (Å²) in [7, 11) is 0. The standard InChI is InChI=1S/C15H20N2O2/c18-14(17-7-2-1-3-8-17)11-16-9-6-13(10-16)15(19)12-4-5-12/h6,9-10,12H,1-5,7-8,11H2. The van der Waals surface area contributed by atoms with E-state index in [0.29, 0.717) is 6.54 Å². The molecule has 2 fully saturated rings. The molecule has 0 N–H and O–H groups in total. The molecular formula is C15H20N2O2. The van der Waals surface area contributed by atoms with Gasteiger partial charge in [0.1, 0.15) is 6.54 Å². The second-order valence-corrected chi connectivity index (χ2v) is 5.65. The Morgan fingerprint density at radius 1 is 1.16 bits per heavy atom. The fraction of sp³-hybridized carbons (Fsp3) is 0.600. The summed E-state index contributed by atoms with van der Waals surface area (Å²) in [5, 5.41) is 0. The highest BCUT2D eigenvalue weighted by Crippen LogP contribution is 2.32. The van der Waals surface area contributed by atoms with Crippen molar-refractivity contribution in [2.75, 3.05) is 13.1 Å². The number of hydrogen-bond acceptors (Lipinski definition) is 2. The third kappa shape index (κ3) is 2.88. The van der Waals surface area contributed by atoms with Gasteiger partial charge in [-0.15, -0.1) is 0 Å². The first-order valence-electron chi connectivity index (χ1n) is 7.22. The molecule has 2 heterocycles. The first-order valence-corrected chi connectivity index (χ1v) is 7.22. The Morgan fingerprint density at radius 2 is 1.89 bits per heavy atom. The molecule has 0 radical (unpaired) electrons. The van der Waals surface area contributed by atoms with Crippen molar-refractivity contribution >= 4 is 11.7 Å². The number of nitrogens with zero attached hydrogens (tertiary/aromatic N) is 2. The van der Waals surface area contributed by atoms with E-state index in [-0.39, 0.29) is 17.6 Å². The lowest BCUT2D eigenvalue weighted by Crippen LogP contribution is -2.37. The van der Waals surface area contributed by atoms with Crippen molar-refractivity contribution < 1.29 is 9.59 Å². The highest BCUT2D eigenvalue weighted by Gasteiger charge is 2.30. The van der Waals surface area contributed by atoms with E-state index in [1.165, 1.54) is 6.42 Å². The number of aromatic nitrogens is 1. The molecule has 0 aromatic carbocycles. The average Bonchev–Trinajstić information content (AvgIpc) is 3.19. The molecule has 0 unspecified atom stereocenters.